The highest BCUT2D eigenvalue weighted by atomic mass is 19.1. The molecule has 2 aliphatic rings. The van der Waals surface area contributed by atoms with E-state index in [0.717, 1.165) is 29.2 Å². The largest absolute Gasteiger partial charge is 0.455 e. The van der Waals surface area contributed by atoms with Gasteiger partial charge in [0.1, 0.15) is 24.0 Å². The fraction of sp³-hybridized carbons (Fsp3) is 0.395. The molecular formula is C38H41FNO+. The van der Waals surface area contributed by atoms with Crippen LogP contribution in [0, 0.1) is 31.9 Å². The van der Waals surface area contributed by atoms with Crippen LogP contribution < -0.4 is 4.57 Å². The zero-order valence-electron chi connectivity index (χ0n) is 30.9. The van der Waals surface area contributed by atoms with Gasteiger partial charge in [0, 0.05) is 38.1 Å². The van der Waals surface area contributed by atoms with Crippen LogP contribution in [0.3, 0.4) is 0 Å². The zero-order chi connectivity index (χ0) is 34.2. The lowest BCUT2D eigenvalue weighted by atomic mass is 9.62. The van der Waals surface area contributed by atoms with Gasteiger partial charge in [-0.1, -0.05) is 49.6 Å². The molecule has 0 N–H and O–H groups in total. The first-order chi connectivity index (χ1) is 22.6. The number of hydrogen-bond donors (Lipinski definition) is 0. The Bertz CT molecular complexity index is 2040. The molecule has 2 aromatic heterocycles. The Labute approximate surface area is 253 Å². The molecule has 2 fully saturated rings. The number of nitrogens with zero attached hydrogens (tertiary/aromatic N) is 1. The van der Waals surface area contributed by atoms with Gasteiger partial charge < -0.3 is 4.42 Å². The van der Waals surface area contributed by atoms with Crippen LogP contribution in [0.5, 0.6) is 0 Å². The Morgan fingerprint density at radius 2 is 1.63 bits per heavy atom. The fourth-order valence-corrected chi connectivity index (χ4v) is 7.52. The van der Waals surface area contributed by atoms with Crippen LogP contribution in [0.25, 0.3) is 44.3 Å². The van der Waals surface area contributed by atoms with Crippen molar-refractivity contribution in [3.63, 3.8) is 0 Å². The molecule has 2 nitrogen and oxygen atoms in total. The number of aryl methyl sites for hydroxylation is 4. The summed E-state index contributed by atoms with van der Waals surface area (Å²) >= 11 is 0. The summed E-state index contributed by atoms with van der Waals surface area (Å²) in [5.74, 6) is -1.30. The maximum atomic E-state index is 14.1. The molecule has 0 aliphatic heterocycles. The van der Waals surface area contributed by atoms with Crippen molar-refractivity contribution < 1.29 is 23.0 Å². The van der Waals surface area contributed by atoms with Gasteiger partial charge in [0.2, 0.25) is 5.69 Å². The first kappa shape index (κ1) is 19.6. The molecule has 7 rings (SSSR count). The number of halogens is 1. The van der Waals surface area contributed by atoms with Gasteiger partial charge in [-0.2, -0.15) is 0 Å². The minimum Gasteiger partial charge on any atom is -0.455 e. The Hall–Kier alpha value is -3.46. The number of fused-ring (bicyclic) bond motifs is 3. The van der Waals surface area contributed by atoms with Gasteiger partial charge in [0.25, 0.3) is 0 Å². The van der Waals surface area contributed by atoms with Crippen LogP contribution >= 0.6 is 0 Å². The summed E-state index contributed by atoms with van der Waals surface area (Å²) in [6, 6.07) is 15.2. The van der Waals surface area contributed by atoms with Crippen LogP contribution in [0.15, 0.2) is 65.2 Å². The Kier molecular flexibility index (Phi) is 4.84. The summed E-state index contributed by atoms with van der Waals surface area (Å²) < 4.78 is 82.7. The lowest BCUT2D eigenvalue weighted by Crippen LogP contribution is -2.31. The highest BCUT2D eigenvalue weighted by molar-refractivity contribution is 6.09. The van der Waals surface area contributed by atoms with Gasteiger partial charge in [-0.3, -0.25) is 0 Å². The first-order valence-electron chi connectivity index (χ1n) is 18.4. The van der Waals surface area contributed by atoms with E-state index in [1.54, 1.807) is 42.1 Å². The van der Waals surface area contributed by atoms with Crippen molar-refractivity contribution in [1.29, 1.82) is 0 Å². The summed E-state index contributed by atoms with van der Waals surface area (Å²) in [6.45, 7) is -3.16. The number of pyridine rings is 1. The van der Waals surface area contributed by atoms with Crippen LogP contribution in [-0.4, -0.2) is 0 Å². The molecule has 2 aliphatic carbocycles. The topological polar surface area (TPSA) is 17.0 Å². The zero-order valence-corrected chi connectivity index (χ0v) is 23.9. The van der Waals surface area contributed by atoms with Gasteiger partial charge in [0.05, 0.1) is 5.56 Å². The van der Waals surface area contributed by atoms with Crippen molar-refractivity contribution in [3.05, 3.63) is 88.9 Å². The summed E-state index contributed by atoms with van der Waals surface area (Å²) in [6.07, 6.45) is 11.1. The molecule has 3 aromatic carbocycles. The fourth-order valence-electron chi connectivity index (χ4n) is 7.52. The van der Waals surface area contributed by atoms with Crippen LogP contribution in [0.2, 0.25) is 0 Å². The van der Waals surface area contributed by atoms with E-state index in [4.69, 9.17) is 12.6 Å². The summed E-state index contributed by atoms with van der Waals surface area (Å²) in [5, 5.41) is 1.55. The lowest BCUT2D eigenvalue weighted by Gasteiger charge is -2.43. The summed E-state index contributed by atoms with van der Waals surface area (Å²) in [7, 11) is 1.76. The monoisotopic (exact) mass is 553 g/mol. The van der Waals surface area contributed by atoms with Gasteiger partial charge in [-0.15, -0.1) is 0 Å². The Balaban J connectivity index is 1.40. The second-order valence-corrected chi connectivity index (χ2v) is 12.4. The second kappa shape index (κ2) is 10.1. The van der Waals surface area contributed by atoms with Crippen LogP contribution in [0.1, 0.15) is 95.5 Å². The summed E-state index contributed by atoms with van der Waals surface area (Å²) in [5.41, 5.74) is 4.81. The van der Waals surface area contributed by atoms with E-state index < -0.39 is 25.4 Å². The SMILES string of the molecule is [2H]C([2H])([2H])c1cc(C2([2H])CCC3(CCCCC3)CC2)ccc1-c1cc(-c2c(C)ccc3c2oc2cc(F)ccc23)[n+](C)cc1C([2H])([2H])[2H]. The van der Waals surface area contributed by atoms with Gasteiger partial charge in [-0.05, 0) is 110 Å². The van der Waals surface area contributed by atoms with Crippen molar-refractivity contribution in [1.82, 2.24) is 0 Å². The predicted octanol–water partition coefficient (Wildman–Crippen LogP) is 10.4. The van der Waals surface area contributed by atoms with E-state index in [2.05, 4.69) is 0 Å². The van der Waals surface area contributed by atoms with Crippen molar-refractivity contribution >= 4 is 21.9 Å². The van der Waals surface area contributed by atoms with Crippen molar-refractivity contribution in [2.24, 2.45) is 12.5 Å². The normalized spacial score (nSPS) is 21.5. The molecule has 3 heteroatoms. The quantitative estimate of drug-likeness (QED) is 0.203. The van der Waals surface area contributed by atoms with E-state index >= 15 is 0 Å². The molecule has 210 valence electrons. The number of hydrogen-bond acceptors (Lipinski definition) is 1. The molecule has 5 aromatic rings. The summed E-state index contributed by atoms with van der Waals surface area (Å²) in [4.78, 5) is 0. The molecule has 1 spiro atoms. The predicted molar refractivity (Wildman–Crippen MR) is 167 cm³/mol. The van der Waals surface area contributed by atoms with E-state index in [9.17, 15) is 5.76 Å². The highest BCUT2D eigenvalue weighted by Crippen LogP contribution is 2.51. The van der Waals surface area contributed by atoms with Crippen LogP contribution in [0.4, 0.5) is 4.39 Å². The van der Waals surface area contributed by atoms with Crippen molar-refractivity contribution in [3.8, 4) is 22.4 Å². The molecule has 0 amide bonds. The van der Waals surface area contributed by atoms with Crippen LogP contribution in [-0.2, 0) is 7.05 Å². The standard InChI is InChI=1S/C38H41FNO/c1-24-8-11-32-31-13-10-29(39)21-35(31)41-37(32)36(24)34-22-33(26(3)23-40(34)4)30-12-9-28(20-25(30)2)27-14-18-38(19-15-27)16-6-5-7-17-38/h8-13,20-23,27H,5-7,14-19H2,1-4H3/q+1/i2D3,3D3,27D. The number of benzene rings is 3. The minimum atomic E-state index is -2.55. The van der Waals surface area contributed by atoms with E-state index in [1.807, 2.05) is 25.1 Å². The van der Waals surface area contributed by atoms with Gasteiger partial charge in [-0.25, -0.2) is 8.96 Å². The number of furan rings is 1. The van der Waals surface area contributed by atoms with Gasteiger partial charge in [0.15, 0.2) is 6.20 Å². The van der Waals surface area contributed by atoms with Gasteiger partial charge >= 0.3 is 0 Å². The third kappa shape index (κ3) is 4.58. The van der Waals surface area contributed by atoms with E-state index in [-0.39, 0.29) is 11.1 Å². The highest BCUT2D eigenvalue weighted by Gasteiger charge is 2.36. The van der Waals surface area contributed by atoms with E-state index in [1.165, 1.54) is 44.2 Å². The van der Waals surface area contributed by atoms with Crippen molar-refractivity contribution in [2.75, 3.05) is 0 Å². The third-order valence-corrected chi connectivity index (χ3v) is 9.89. The maximum Gasteiger partial charge on any atom is 0.216 e. The van der Waals surface area contributed by atoms with Crippen molar-refractivity contribution in [2.45, 2.75) is 84.3 Å². The first-order valence-corrected chi connectivity index (χ1v) is 14.9. The van der Waals surface area contributed by atoms with E-state index in [0.29, 0.717) is 57.4 Å². The molecule has 0 atom stereocenters. The Morgan fingerprint density at radius 1 is 0.854 bits per heavy atom. The maximum absolute atomic E-state index is 14.1. The molecule has 2 saturated carbocycles. The Morgan fingerprint density at radius 3 is 2.41 bits per heavy atom. The second-order valence-electron chi connectivity index (χ2n) is 12.4. The molecule has 41 heavy (non-hydrogen) atoms. The third-order valence-electron chi connectivity index (χ3n) is 9.89. The molecule has 0 saturated heterocycles. The number of rotatable bonds is 3. The average Bonchev–Trinajstić information content (AvgIpc) is 3.39. The smallest absolute Gasteiger partial charge is 0.216 e. The number of aromatic nitrogens is 1. The molecule has 0 bridgehead atoms. The molecule has 0 unspecified atom stereocenters. The molecule has 0 radical (unpaired) electrons. The lowest BCUT2D eigenvalue weighted by molar-refractivity contribution is -0.660. The minimum absolute atomic E-state index is 0.0287. The molecular weight excluding hydrogens is 505 g/mol. The molecule has 2 heterocycles. The average molecular weight is 554 g/mol.